The Morgan fingerprint density at radius 3 is 2.85 bits per heavy atom. The summed E-state index contributed by atoms with van der Waals surface area (Å²) in [4.78, 5) is 27.2. The smallest absolute Gasteiger partial charge is 0.270 e. The van der Waals surface area contributed by atoms with E-state index in [4.69, 9.17) is 4.74 Å². The maximum absolute atomic E-state index is 12.4. The monoisotopic (exact) mass is 447 g/mol. The van der Waals surface area contributed by atoms with E-state index in [1.54, 1.807) is 35.7 Å². The molecule has 2 aromatic carbocycles. The largest absolute Gasteiger partial charge is 0.493 e. The van der Waals surface area contributed by atoms with Crippen LogP contribution in [0.5, 0.6) is 5.75 Å². The number of benzene rings is 2. The highest BCUT2D eigenvalue weighted by Crippen LogP contribution is 2.29. The third-order valence-corrected chi connectivity index (χ3v) is 4.95. The van der Waals surface area contributed by atoms with Gasteiger partial charge in [-0.05, 0) is 41.1 Å². The number of ether oxygens (including phenoxy) is 1. The van der Waals surface area contributed by atoms with Crippen molar-refractivity contribution in [1.29, 1.82) is 0 Å². The summed E-state index contributed by atoms with van der Waals surface area (Å²) in [5.74, 6) is 0.356. The normalized spacial score (nSPS) is 10.4. The van der Waals surface area contributed by atoms with Gasteiger partial charge in [0.05, 0.1) is 21.7 Å². The lowest BCUT2D eigenvalue weighted by atomic mass is 10.1. The summed E-state index contributed by atoms with van der Waals surface area (Å²) in [6.07, 6.45) is 0. The predicted molar refractivity (Wildman–Crippen MR) is 107 cm³/mol. The van der Waals surface area contributed by atoms with Gasteiger partial charge in [-0.25, -0.2) is 4.98 Å². The molecule has 7 nitrogen and oxygen atoms in total. The Balaban J connectivity index is 1.76. The van der Waals surface area contributed by atoms with Crippen LogP contribution in [0.1, 0.15) is 17.3 Å². The molecule has 0 aliphatic heterocycles. The standard InChI is InChI=1S/C18H14BrN3O4S/c1-2-26-16-7-6-12(9-14(16)19)17(23)21-18-20-15(10-27-18)11-4-3-5-13(8-11)22(24)25/h3-10H,2H2,1H3,(H,20,21,23). The molecular formula is C18H14BrN3O4S. The SMILES string of the molecule is CCOc1ccc(C(=O)Nc2nc(-c3cccc([N+](=O)[O-])c3)cs2)cc1Br. The molecule has 0 bridgehead atoms. The van der Waals surface area contributed by atoms with Gasteiger partial charge in [0.1, 0.15) is 5.75 Å². The Bertz CT molecular complexity index is 1010. The van der Waals surface area contributed by atoms with E-state index < -0.39 is 4.92 Å². The number of aromatic nitrogens is 1. The number of nitro benzene ring substituents is 1. The number of carbonyl (C=O) groups excluding carboxylic acids is 1. The molecular weight excluding hydrogens is 434 g/mol. The molecule has 0 aliphatic rings. The van der Waals surface area contributed by atoms with Gasteiger partial charge in [0.25, 0.3) is 11.6 Å². The molecule has 1 heterocycles. The van der Waals surface area contributed by atoms with Gasteiger partial charge in [-0.2, -0.15) is 0 Å². The van der Waals surface area contributed by atoms with Crippen LogP contribution in [0.4, 0.5) is 10.8 Å². The van der Waals surface area contributed by atoms with Crippen LogP contribution in [-0.4, -0.2) is 22.4 Å². The summed E-state index contributed by atoms with van der Waals surface area (Å²) >= 11 is 4.63. The number of nitrogens with one attached hydrogen (secondary N) is 1. The van der Waals surface area contributed by atoms with Crippen molar-refractivity contribution in [1.82, 2.24) is 4.98 Å². The van der Waals surface area contributed by atoms with Gasteiger partial charge in [0.2, 0.25) is 0 Å². The van der Waals surface area contributed by atoms with E-state index in [2.05, 4.69) is 26.2 Å². The molecule has 0 aliphatic carbocycles. The van der Waals surface area contributed by atoms with Crippen LogP contribution in [-0.2, 0) is 0 Å². The second-order valence-electron chi connectivity index (χ2n) is 5.38. The van der Waals surface area contributed by atoms with Crippen LogP contribution in [0.15, 0.2) is 52.3 Å². The van der Waals surface area contributed by atoms with Crippen molar-refractivity contribution in [3.63, 3.8) is 0 Å². The first-order valence-electron chi connectivity index (χ1n) is 7.92. The Morgan fingerprint density at radius 2 is 2.15 bits per heavy atom. The predicted octanol–water partition coefficient (Wildman–Crippen LogP) is 5.13. The van der Waals surface area contributed by atoms with Crippen LogP contribution in [0.3, 0.4) is 0 Å². The van der Waals surface area contributed by atoms with Crippen molar-refractivity contribution in [2.75, 3.05) is 11.9 Å². The Kier molecular flexibility index (Phi) is 5.82. The third kappa shape index (κ3) is 4.50. The second kappa shape index (κ2) is 8.28. The van der Waals surface area contributed by atoms with Crippen LogP contribution < -0.4 is 10.1 Å². The molecule has 1 aromatic heterocycles. The number of hydrogen-bond acceptors (Lipinski definition) is 6. The lowest BCUT2D eigenvalue weighted by molar-refractivity contribution is -0.384. The molecule has 1 N–H and O–H groups in total. The summed E-state index contributed by atoms with van der Waals surface area (Å²) < 4.78 is 6.12. The molecule has 9 heteroatoms. The van der Waals surface area contributed by atoms with Gasteiger partial charge in [0.15, 0.2) is 5.13 Å². The number of rotatable bonds is 6. The third-order valence-electron chi connectivity index (χ3n) is 3.57. The highest BCUT2D eigenvalue weighted by molar-refractivity contribution is 9.10. The zero-order valence-electron chi connectivity index (χ0n) is 14.1. The maximum atomic E-state index is 12.4. The summed E-state index contributed by atoms with van der Waals surface area (Å²) in [5.41, 5.74) is 1.62. The quantitative estimate of drug-likeness (QED) is 0.417. The Hall–Kier alpha value is -2.78. The topological polar surface area (TPSA) is 94.4 Å². The lowest BCUT2D eigenvalue weighted by Crippen LogP contribution is -2.11. The van der Waals surface area contributed by atoms with Gasteiger partial charge in [-0.3, -0.25) is 20.2 Å². The second-order valence-corrected chi connectivity index (χ2v) is 7.09. The average molecular weight is 448 g/mol. The fourth-order valence-corrected chi connectivity index (χ4v) is 3.53. The van der Waals surface area contributed by atoms with Crippen LogP contribution in [0.25, 0.3) is 11.3 Å². The first kappa shape index (κ1) is 19.0. The highest BCUT2D eigenvalue weighted by atomic mass is 79.9. The van der Waals surface area contributed by atoms with Gasteiger partial charge >= 0.3 is 0 Å². The Morgan fingerprint density at radius 1 is 1.33 bits per heavy atom. The summed E-state index contributed by atoms with van der Waals surface area (Å²) in [6.45, 7) is 2.41. The molecule has 3 rings (SSSR count). The van der Waals surface area contributed by atoms with Crippen molar-refractivity contribution < 1.29 is 14.5 Å². The molecule has 0 atom stereocenters. The number of non-ortho nitro benzene ring substituents is 1. The van der Waals surface area contributed by atoms with E-state index >= 15 is 0 Å². The summed E-state index contributed by atoms with van der Waals surface area (Å²) in [6, 6.07) is 11.3. The molecule has 0 radical (unpaired) electrons. The number of thiazole rings is 1. The molecule has 138 valence electrons. The molecule has 0 spiro atoms. The Labute approximate surface area is 167 Å². The van der Waals surface area contributed by atoms with Crippen molar-refractivity contribution >= 4 is 44.0 Å². The molecule has 3 aromatic rings. The van der Waals surface area contributed by atoms with E-state index in [0.717, 1.165) is 0 Å². The van der Waals surface area contributed by atoms with E-state index in [9.17, 15) is 14.9 Å². The number of nitro groups is 1. The van der Waals surface area contributed by atoms with Gasteiger partial charge < -0.3 is 4.74 Å². The van der Waals surface area contributed by atoms with Crippen molar-refractivity contribution in [3.05, 3.63) is 68.0 Å². The van der Waals surface area contributed by atoms with Crippen LogP contribution in [0.2, 0.25) is 0 Å². The molecule has 27 heavy (non-hydrogen) atoms. The number of amides is 1. The molecule has 0 unspecified atom stereocenters. The fourth-order valence-electron chi connectivity index (χ4n) is 2.33. The van der Waals surface area contributed by atoms with Crippen LogP contribution in [0, 0.1) is 10.1 Å². The molecule has 0 fully saturated rings. The first-order valence-corrected chi connectivity index (χ1v) is 9.59. The lowest BCUT2D eigenvalue weighted by Gasteiger charge is -2.07. The van der Waals surface area contributed by atoms with Gasteiger partial charge in [-0.1, -0.05) is 12.1 Å². The number of carbonyl (C=O) groups is 1. The van der Waals surface area contributed by atoms with E-state index in [1.165, 1.54) is 23.5 Å². The number of halogens is 1. The zero-order valence-corrected chi connectivity index (χ0v) is 16.5. The average Bonchev–Trinajstić information content (AvgIpc) is 3.12. The number of hydrogen-bond donors (Lipinski definition) is 1. The fraction of sp³-hybridized carbons (Fsp3) is 0.111. The number of nitrogens with zero attached hydrogens (tertiary/aromatic N) is 2. The minimum atomic E-state index is -0.456. The minimum Gasteiger partial charge on any atom is -0.493 e. The first-order chi connectivity index (χ1) is 13.0. The molecule has 0 saturated carbocycles. The van der Waals surface area contributed by atoms with E-state index in [0.29, 0.717) is 38.8 Å². The van der Waals surface area contributed by atoms with Gasteiger partial charge in [-0.15, -0.1) is 11.3 Å². The van der Waals surface area contributed by atoms with E-state index in [-0.39, 0.29) is 11.6 Å². The van der Waals surface area contributed by atoms with Crippen molar-refractivity contribution in [2.45, 2.75) is 6.92 Å². The number of anilines is 1. The summed E-state index contributed by atoms with van der Waals surface area (Å²) in [7, 11) is 0. The van der Waals surface area contributed by atoms with Crippen LogP contribution >= 0.6 is 27.3 Å². The zero-order chi connectivity index (χ0) is 19.4. The summed E-state index contributed by atoms with van der Waals surface area (Å²) in [5, 5.41) is 15.8. The van der Waals surface area contributed by atoms with Crippen molar-refractivity contribution in [3.8, 4) is 17.0 Å². The van der Waals surface area contributed by atoms with Gasteiger partial charge in [0, 0.05) is 28.6 Å². The van der Waals surface area contributed by atoms with E-state index in [1.807, 2.05) is 6.92 Å². The van der Waals surface area contributed by atoms with Crippen molar-refractivity contribution in [2.24, 2.45) is 0 Å². The maximum Gasteiger partial charge on any atom is 0.270 e. The highest BCUT2D eigenvalue weighted by Gasteiger charge is 2.13. The molecule has 0 saturated heterocycles. The minimum absolute atomic E-state index is 0.00896. The molecule has 1 amide bonds.